The zero-order valence-electron chi connectivity index (χ0n) is 35.4. The lowest BCUT2D eigenvalue weighted by Gasteiger charge is -2.40. The number of aliphatic hydroxyl groups is 5. The molecule has 7 atom stereocenters. The first kappa shape index (κ1) is 51.9. The van der Waals surface area contributed by atoms with Gasteiger partial charge in [-0.15, -0.1) is 0 Å². The fraction of sp³-hybridized carbons (Fsp3) is 0.766. The quantitative estimate of drug-likeness (QED) is 0.0272. The maximum Gasteiger partial charge on any atom is 0.220 e. The molecular weight excluding hydrogens is 707 g/mol. The Balaban J connectivity index is 2.44. The number of carbonyl (C=O) groups is 1. The predicted molar refractivity (Wildman–Crippen MR) is 230 cm³/mol. The Bertz CT molecular complexity index is 1060. The Labute approximate surface area is 341 Å². The number of carbonyl (C=O) groups excluding carboxylic acids is 1. The summed E-state index contributed by atoms with van der Waals surface area (Å²) in [6.07, 6.45) is 41.1. The third-order valence-electron chi connectivity index (χ3n) is 10.3. The maximum atomic E-state index is 12.9. The molecule has 0 aromatic heterocycles. The van der Waals surface area contributed by atoms with Gasteiger partial charge >= 0.3 is 0 Å². The fourth-order valence-corrected chi connectivity index (χ4v) is 6.63. The van der Waals surface area contributed by atoms with E-state index in [1.54, 1.807) is 6.08 Å². The minimum absolute atomic E-state index is 0.208. The van der Waals surface area contributed by atoms with E-state index in [0.717, 1.165) is 77.0 Å². The van der Waals surface area contributed by atoms with E-state index < -0.39 is 49.5 Å². The number of allylic oxidation sites excluding steroid dienone is 9. The normalized spacial score (nSPS) is 21.7. The minimum Gasteiger partial charge on any atom is -0.394 e. The van der Waals surface area contributed by atoms with Gasteiger partial charge in [-0.3, -0.25) is 4.79 Å². The highest BCUT2D eigenvalue weighted by molar-refractivity contribution is 5.76. The van der Waals surface area contributed by atoms with Crippen LogP contribution < -0.4 is 5.32 Å². The van der Waals surface area contributed by atoms with Crippen molar-refractivity contribution < 1.29 is 39.8 Å². The Kier molecular flexibility index (Phi) is 34.5. The zero-order valence-corrected chi connectivity index (χ0v) is 35.4. The highest BCUT2D eigenvalue weighted by Crippen LogP contribution is 2.22. The number of nitrogens with one attached hydrogen (secondary N) is 1. The Morgan fingerprint density at radius 1 is 0.607 bits per heavy atom. The van der Waals surface area contributed by atoms with Crippen LogP contribution in [0.5, 0.6) is 0 Å². The summed E-state index contributed by atoms with van der Waals surface area (Å²) in [5.74, 6) is -0.208. The monoisotopic (exact) mass is 790 g/mol. The average molecular weight is 790 g/mol. The molecule has 0 aromatic carbocycles. The van der Waals surface area contributed by atoms with E-state index in [4.69, 9.17) is 9.47 Å². The summed E-state index contributed by atoms with van der Waals surface area (Å²) < 4.78 is 11.2. The van der Waals surface area contributed by atoms with Crippen molar-refractivity contribution in [2.24, 2.45) is 0 Å². The lowest BCUT2D eigenvalue weighted by Crippen LogP contribution is -2.60. The highest BCUT2D eigenvalue weighted by Gasteiger charge is 2.44. The maximum absolute atomic E-state index is 12.9. The standard InChI is InChI=1S/C47H83NO8/c1-3-5-7-9-11-13-15-17-19-21-22-24-26-28-30-32-34-36-41(50)40(39-55-47-46(54)45(53)44(52)42(38-49)56-47)48-43(51)37-35-33-31-29-27-25-23-20-18-16-14-12-10-8-6-4-2/h14,16,19-21,23,26,28,34,36,40-42,44-47,49-50,52-54H,3-13,15,17-18,22,24-25,27,29-33,35,37-39H2,1-2H3,(H,48,51)/b16-14-,21-19+,23-20-,28-26+,36-34+. The molecule has 0 aromatic rings. The van der Waals surface area contributed by atoms with Gasteiger partial charge in [-0.05, 0) is 77.0 Å². The largest absolute Gasteiger partial charge is 0.394 e. The van der Waals surface area contributed by atoms with E-state index >= 15 is 0 Å². The van der Waals surface area contributed by atoms with Crippen molar-refractivity contribution in [3.63, 3.8) is 0 Å². The van der Waals surface area contributed by atoms with Gasteiger partial charge in [0.05, 0.1) is 25.4 Å². The topological polar surface area (TPSA) is 149 Å². The summed E-state index contributed by atoms with van der Waals surface area (Å²) in [4.78, 5) is 12.9. The van der Waals surface area contributed by atoms with Crippen LogP contribution in [0.15, 0.2) is 60.8 Å². The van der Waals surface area contributed by atoms with Gasteiger partial charge in [0.1, 0.15) is 24.4 Å². The smallest absolute Gasteiger partial charge is 0.220 e. The molecule has 0 radical (unpaired) electrons. The fourth-order valence-electron chi connectivity index (χ4n) is 6.63. The van der Waals surface area contributed by atoms with Gasteiger partial charge in [0.15, 0.2) is 6.29 Å². The molecule has 6 N–H and O–H groups in total. The Morgan fingerprint density at radius 3 is 1.62 bits per heavy atom. The minimum atomic E-state index is -1.58. The van der Waals surface area contributed by atoms with E-state index in [0.29, 0.717) is 6.42 Å². The molecule has 1 saturated heterocycles. The number of hydrogen-bond donors (Lipinski definition) is 6. The van der Waals surface area contributed by atoms with Gasteiger partial charge < -0.3 is 40.3 Å². The highest BCUT2D eigenvalue weighted by atomic mass is 16.7. The molecule has 0 saturated carbocycles. The summed E-state index contributed by atoms with van der Waals surface area (Å²) in [6.45, 7) is 3.70. The van der Waals surface area contributed by atoms with E-state index in [-0.39, 0.29) is 12.5 Å². The first-order chi connectivity index (χ1) is 27.3. The van der Waals surface area contributed by atoms with Crippen LogP contribution in [0.2, 0.25) is 0 Å². The van der Waals surface area contributed by atoms with Crippen molar-refractivity contribution in [2.75, 3.05) is 13.2 Å². The van der Waals surface area contributed by atoms with Crippen LogP contribution in [0.3, 0.4) is 0 Å². The summed E-state index contributed by atoms with van der Waals surface area (Å²) in [5.41, 5.74) is 0. The average Bonchev–Trinajstić information content (AvgIpc) is 3.20. The van der Waals surface area contributed by atoms with E-state index in [9.17, 15) is 30.3 Å². The second-order valence-electron chi connectivity index (χ2n) is 15.5. The van der Waals surface area contributed by atoms with Gasteiger partial charge in [-0.25, -0.2) is 0 Å². The number of ether oxygens (including phenoxy) is 2. The Morgan fingerprint density at radius 2 is 1.07 bits per heavy atom. The number of hydrogen-bond acceptors (Lipinski definition) is 8. The van der Waals surface area contributed by atoms with E-state index in [1.165, 1.54) is 77.0 Å². The first-order valence-corrected chi connectivity index (χ1v) is 22.5. The second-order valence-corrected chi connectivity index (χ2v) is 15.5. The second kappa shape index (κ2) is 37.2. The molecule has 0 spiro atoms. The van der Waals surface area contributed by atoms with Crippen molar-refractivity contribution in [2.45, 2.75) is 217 Å². The van der Waals surface area contributed by atoms with Crippen LogP contribution >= 0.6 is 0 Å². The lowest BCUT2D eigenvalue weighted by atomic mass is 9.99. The summed E-state index contributed by atoms with van der Waals surface area (Å²) in [6, 6.07) is -0.836. The third kappa shape index (κ3) is 27.5. The van der Waals surface area contributed by atoms with Crippen LogP contribution in [0.4, 0.5) is 0 Å². The van der Waals surface area contributed by atoms with Crippen molar-refractivity contribution >= 4 is 5.91 Å². The van der Waals surface area contributed by atoms with Crippen molar-refractivity contribution in [1.29, 1.82) is 0 Å². The molecule has 1 fully saturated rings. The van der Waals surface area contributed by atoms with Crippen molar-refractivity contribution in [1.82, 2.24) is 5.32 Å². The lowest BCUT2D eigenvalue weighted by molar-refractivity contribution is -0.302. The molecule has 1 heterocycles. The number of unbranched alkanes of at least 4 members (excludes halogenated alkanes) is 18. The molecule has 0 bridgehead atoms. The molecule has 7 unspecified atom stereocenters. The van der Waals surface area contributed by atoms with Gasteiger partial charge in [-0.2, -0.15) is 0 Å². The number of amides is 1. The van der Waals surface area contributed by atoms with Crippen LogP contribution in [0.25, 0.3) is 0 Å². The molecule has 56 heavy (non-hydrogen) atoms. The molecule has 324 valence electrons. The van der Waals surface area contributed by atoms with Crippen LogP contribution in [0.1, 0.15) is 174 Å². The number of rotatable bonds is 36. The van der Waals surface area contributed by atoms with Crippen LogP contribution in [0, 0.1) is 0 Å². The van der Waals surface area contributed by atoms with Crippen LogP contribution in [-0.2, 0) is 14.3 Å². The van der Waals surface area contributed by atoms with Crippen molar-refractivity contribution in [3.8, 4) is 0 Å². The van der Waals surface area contributed by atoms with E-state index in [2.05, 4.69) is 67.8 Å². The third-order valence-corrected chi connectivity index (χ3v) is 10.3. The Hall–Kier alpha value is -2.11. The van der Waals surface area contributed by atoms with Crippen molar-refractivity contribution in [3.05, 3.63) is 60.8 Å². The molecular formula is C47H83NO8. The molecule has 1 aliphatic heterocycles. The van der Waals surface area contributed by atoms with Gasteiger partial charge in [0.2, 0.25) is 5.91 Å². The van der Waals surface area contributed by atoms with Crippen LogP contribution in [-0.4, -0.2) is 87.5 Å². The predicted octanol–water partition coefficient (Wildman–Crippen LogP) is 9.22. The van der Waals surface area contributed by atoms with E-state index in [1.807, 2.05) is 6.08 Å². The first-order valence-electron chi connectivity index (χ1n) is 22.5. The summed E-state index contributed by atoms with van der Waals surface area (Å²) >= 11 is 0. The SMILES string of the molecule is CCCCCC/C=C\C/C=C\CCCCCCCC(=O)NC(COC1OC(CO)C(O)C(O)C1O)C(O)/C=C/CC/C=C/CC/C=C/CCCCCCCCC. The summed E-state index contributed by atoms with van der Waals surface area (Å²) in [7, 11) is 0. The molecule has 9 heteroatoms. The summed E-state index contributed by atoms with van der Waals surface area (Å²) in [5, 5.41) is 54.1. The van der Waals surface area contributed by atoms with Gasteiger partial charge in [0.25, 0.3) is 0 Å². The zero-order chi connectivity index (χ0) is 40.9. The number of aliphatic hydroxyl groups excluding tert-OH is 5. The van der Waals surface area contributed by atoms with Gasteiger partial charge in [0, 0.05) is 6.42 Å². The molecule has 1 amide bonds. The molecule has 9 nitrogen and oxygen atoms in total. The molecule has 0 aliphatic carbocycles. The molecule has 1 aliphatic rings. The molecule has 1 rings (SSSR count). The van der Waals surface area contributed by atoms with Gasteiger partial charge in [-0.1, -0.05) is 152 Å².